The Hall–Kier alpha value is -1.98. The van der Waals surface area contributed by atoms with Crippen LogP contribution in [0.1, 0.15) is 67.7 Å². The minimum absolute atomic E-state index is 0.0629. The van der Waals surface area contributed by atoms with E-state index in [2.05, 4.69) is 31.4 Å². The van der Waals surface area contributed by atoms with Crippen molar-refractivity contribution in [2.45, 2.75) is 73.8 Å². The molecule has 0 aromatic rings. The molecule has 2 N–H and O–H groups in total. The number of nitrogens with one attached hydrogen (secondary N) is 2. The number of esters is 2. The average molecular weight is 395 g/mol. The van der Waals surface area contributed by atoms with Crippen LogP contribution < -0.4 is 10.6 Å². The molecule has 0 radical (unpaired) electrons. The SMILES string of the molecule is CCOC(=O)/C=C(\C)NCC1(C)CC(N/C(C)=C/C(=O)OCC)CC(C)(C)C1. The lowest BCUT2D eigenvalue weighted by molar-refractivity contribution is -0.138. The Morgan fingerprint density at radius 1 is 0.964 bits per heavy atom. The third kappa shape index (κ3) is 8.81. The van der Waals surface area contributed by atoms with Gasteiger partial charge in [0.1, 0.15) is 0 Å². The summed E-state index contributed by atoms with van der Waals surface area (Å²) in [6.07, 6.45) is 6.12. The van der Waals surface area contributed by atoms with E-state index in [4.69, 9.17) is 9.47 Å². The van der Waals surface area contributed by atoms with E-state index in [-0.39, 0.29) is 28.8 Å². The molecule has 0 aliphatic heterocycles. The Labute approximate surface area is 170 Å². The standard InChI is InChI=1S/C22H38N2O4/c1-8-27-19(25)10-16(3)23-15-22(7)13-18(12-21(5,6)14-22)24-17(4)11-20(26)28-9-2/h10-11,18,23-24H,8-9,12-15H2,1-7H3/b16-10+,17-11+. The Morgan fingerprint density at radius 2 is 1.50 bits per heavy atom. The lowest BCUT2D eigenvalue weighted by Gasteiger charge is -2.47. The predicted molar refractivity (Wildman–Crippen MR) is 111 cm³/mol. The van der Waals surface area contributed by atoms with Gasteiger partial charge >= 0.3 is 11.9 Å². The van der Waals surface area contributed by atoms with Crippen LogP contribution in [0.25, 0.3) is 0 Å². The number of hydrogen-bond donors (Lipinski definition) is 2. The van der Waals surface area contributed by atoms with Gasteiger partial charge in [-0.25, -0.2) is 9.59 Å². The Morgan fingerprint density at radius 3 is 2.04 bits per heavy atom. The van der Waals surface area contributed by atoms with Crippen LogP contribution in [-0.4, -0.2) is 37.7 Å². The van der Waals surface area contributed by atoms with Gasteiger partial charge in [-0.1, -0.05) is 20.8 Å². The molecule has 2 atom stereocenters. The molecule has 1 aliphatic rings. The molecule has 1 fully saturated rings. The average Bonchev–Trinajstić information content (AvgIpc) is 2.51. The fourth-order valence-corrected chi connectivity index (χ4v) is 4.36. The van der Waals surface area contributed by atoms with Crippen molar-refractivity contribution < 1.29 is 19.1 Å². The maximum atomic E-state index is 11.7. The summed E-state index contributed by atoms with van der Waals surface area (Å²) in [7, 11) is 0. The first-order chi connectivity index (χ1) is 13.0. The molecule has 1 aliphatic carbocycles. The Balaban J connectivity index is 2.75. The maximum absolute atomic E-state index is 11.7. The van der Waals surface area contributed by atoms with Crippen molar-refractivity contribution in [3.8, 4) is 0 Å². The van der Waals surface area contributed by atoms with Gasteiger partial charge in [0.25, 0.3) is 0 Å². The molecule has 0 aromatic carbocycles. The molecule has 1 saturated carbocycles. The number of hydrogen-bond acceptors (Lipinski definition) is 6. The summed E-state index contributed by atoms with van der Waals surface area (Å²) in [5.74, 6) is -0.632. The zero-order valence-corrected chi connectivity index (χ0v) is 18.6. The molecule has 0 amide bonds. The van der Waals surface area contributed by atoms with Crippen molar-refractivity contribution in [1.29, 1.82) is 0 Å². The van der Waals surface area contributed by atoms with Crippen LogP contribution in [0.2, 0.25) is 0 Å². The quantitative estimate of drug-likeness (QED) is 0.459. The van der Waals surface area contributed by atoms with Crippen LogP contribution in [-0.2, 0) is 19.1 Å². The minimum Gasteiger partial charge on any atom is -0.463 e. The lowest BCUT2D eigenvalue weighted by Crippen LogP contribution is -2.48. The lowest BCUT2D eigenvalue weighted by atomic mass is 9.62. The number of carbonyl (C=O) groups excluding carboxylic acids is 2. The molecule has 0 saturated heterocycles. The van der Waals surface area contributed by atoms with Crippen LogP contribution in [0, 0.1) is 10.8 Å². The molecule has 0 heterocycles. The van der Waals surface area contributed by atoms with E-state index >= 15 is 0 Å². The third-order valence-electron chi connectivity index (χ3n) is 4.91. The topological polar surface area (TPSA) is 76.7 Å². The van der Waals surface area contributed by atoms with Gasteiger partial charge in [-0.15, -0.1) is 0 Å². The molecule has 28 heavy (non-hydrogen) atoms. The minimum atomic E-state index is -0.319. The Kier molecular flexibility index (Phi) is 9.05. The van der Waals surface area contributed by atoms with Crippen molar-refractivity contribution in [3.63, 3.8) is 0 Å². The van der Waals surface area contributed by atoms with Gasteiger partial charge < -0.3 is 20.1 Å². The normalized spacial score (nSPS) is 25.0. The summed E-state index contributed by atoms with van der Waals surface area (Å²) in [5, 5.41) is 6.89. The summed E-state index contributed by atoms with van der Waals surface area (Å²) in [4.78, 5) is 23.3. The molecule has 0 bridgehead atoms. The second-order valence-electron chi connectivity index (χ2n) is 8.91. The highest BCUT2D eigenvalue weighted by Crippen LogP contribution is 2.46. The molecule has 6 heteroatoms. The van der Waals surface area contributed by atoms with E-state index in [1.54, 1.807) is 13.8 Å². The molecule has 0 spiro atoms. The first-order valence-electron chi connectivity index (χ1n) is 10.2. The molecular weight excluding hydrogens is 356 g/mol. The van der Waals surface area contributed by atoms with Crippen LogP contribution >= 0.6 is 0 Å². The van der Waals surface area contributed by atoms with E-state index in [1.807, 2.05) is 13.8 Å². The van der Waals surface area contributed by atoms with Gasteiger partial charge in [-0.2, -0.15) is 0 Å². The zero-order valence-electron chi connectivity index (χ0n) is 18.6. The third-order valence-corrected chi connectivity index (χ3v) is 4.91. The second-order valence-corrected chi connectivity index (χ2v) is 8.91. The summed E-state index contributed by atoms with van der Waals surface area (Å²) in [6.45, 7) is 15.8. The zero-order chi connectivity index (χ0) is 21.4. The second kappa shape index (κ2) is 10.5. The number of ether oxygens (including phenoxy) is 2. The van der Waals surface area contributed by atoms with Gasteiger partial charge in [0.15, 0.2) is 0 Å². The smallest absolute Gasteiger partial charge is 0.332 e. The number of carbonyl (C=O) groups is 2. The Bertz CT molecular complexity index is 610. The van der Waals surface area contributed by atoms with E-state index in [0.717, 1.165) is 37.2 Å². The van der Waals surface area contributed by atoms with Crippen molar-refractivity contribution in [3.05, 3.63) is 23.5 Å². The summed E-state index contributed by atoms with van der Waals surface area (Å²) in [5.41, 5.74) is 1.88. The molecule has 0 aromatic heterocycles. The highest BCUT2D eigenvalue weighted by atomic mass is 16.5. The summed E-state index contributed by atoms with van der Waals surface area (Å²) < 4.78 is 9.95. The summed E-state index contributed by atoms with van der Waals surface area (Å²) in [6, 6.07) is 0.274. The van der Waals surface area contributed by atoms with Crippen LogP contribution in [0.15, 0.2) is 23.5 Å². The predicted octanol–water partition coefficient (Wildman–Crippen LogP) is 3.68. The highest BCUT2D eigenvalue weighted by molar-refractivity contribution is 5.82. The van der Waals surface area contributed by atoms with Crippen molar-refractivity contribution in [2.75, 3.05) is 19.8 Å². The fourth-order valence-electron chi connectivity index (χ4n) is 4.36. The highest BCUT2D eigenvalue weighted by Gasteiger charge is 2.41. The summed E-state index contributed by atoms with van der Waals surface area (Å²) >= 11 is 0. The molecule has 6 nitrogen and oxygen atoms in total. The molecule has 1 rings (SSSR count). The van der Waals surface area contributed by atoms with E-state index in [1.165, 1.54) is 12.2 Å². The van der Waals surface area contributed by atoms with E-state index in [0.29, 0.717) is 13.2 Å². The number of rotatable bonds is 9. The van der Waals surface area contributed by atoms with Crippen molar-refractivity contribution in [2.24, 2.45) is 10.8 Å². The molecular formula is C22H38N2O4. The number of allylic oxidation sites excluding steroid dienone is 2. The first kappa shape index (κ1) is 24.1. The monoisotopic (exact) mass is 394 g/mol. The van der Waals surface area contributed by atoms with E-state index in [9.17, 15) is 9.59 Å². The van der Waals surface area contributed by atoms with Crippen molar-refractivity contribution in [1.82, 2.24) is 10.6 Å². The van der Waals surface area contributed by atoms with Gasteiger partial charge in [0, 0.05) is 36.1 Å². The van der Waals surface area contributed by atoms with E-state index < -0.39 is 0 Å². The van der Waals surface area contributed by atoms with Gasteiger partial charge in [0.05, 0.1) is 13.2 Å². The first-order valence-corrected chi connectivity index (χ1v) is 10.2. The molecule has 160 valence electrons. The van der Waals surface area contributed by atoms with Crippen LogP contribution in [0.3, 0.4) is 0 Å². The van der Waals surface area contributed by atoms with Gasteiger partial charge in [-0.05, 0) is 57.8 Å². The van der Waals surface area contributed by atoms with Gasteiger partial charge in [-0.3, -0.25) is 0 Å². The molecule has 2 unspecified atom stereocenters. The van der Waals surface area contributed by atoms with Crippen LogP contribution in [0.4, 0.5) is 0 Å². The van der Waals surface area contributed by atoms with Crippen LogP contribution in [0.5, 0.6) is 0 Å². The van der Waals surface area contributed by atoms with Gasteiger partial charge in [0.2, 0.25) is 0 Å². The van der Waals surface area contributed by atoms with Crippen molar-refractivity contribution >= 4 is 11.9 Å². The maximum Gasteiger partial charge on any atom is 0.332 e. The fraction of sp³-hybridized carbons (Fsp3) is 0.727. The largest absolute Gasteiger partial charge is 0.463 e.